The molecule has 2 saturated heterocycles. The van der Waals surface area contributed by atoms with E-state index in [9.17, 15) is 45.3 Å². The third-order valence-electron chi connectivity index (χ3n) is 12.3. The molecule has 15 nitrogen and oxygen atoms in total. The molecule has 11 atom stereocenters. The van der Waals surface area contributed by atoms with E-state index in [1.54, 1.807) is 0 Å². The average Bonchev–Trinajstić information content (AvgIpc) is 3.33. The Labute approximate surface area is 408 Å². The molecule has 2 fully saturated rings. The summed E-state index contributed by atoms with van der Waals surface area (Å²) in [6.07, 6.45) is 27.0. The highest BCUT2D eigenvalue weighted by Gasteiger charge is 2.47. The Kier molecular flexibility index (Phi) is 36.3. The first-order valence-electron chi connectivity index (χ1n) is 26.2. The molecular formula is C53H92O15. The van der Waals surface area contributed by atoms with Crippen LogP contribution in [0, 0.1) is 0 Å². The monoisotopic (exact) mass is 969 g/mol. The molecule has 2 aliphatic heterocycles. The summed E-state index contributed by atoms with van der Waals surface area (Å²) >= 11 is 0. The SMILES string of the molecule is CCCC/C=C/CCCCCCCCCCCC(=O)OC[C@H](CO[C@H]1O[C@@H](CO[C@H]2O[C@@H](CO)[C@@H](O)C(O)C2O)[C@@H](O)C(O)C1O)OC(=O)CCCCCC/C=C/C/C=C/C/C=C/CCCCC. The molecule has 0 aromatic heterocycles. The predicted octanol–water partition coefficient (Wildman–Crippen LogP) is 7.49. The van der Waals surface area contributed by atoms with Gasteiger partial charge in [0.2, 0.25) is 0 Å². The van der Waals surface area contributed by atoms with Gasteiger partial charge < -0.3 is 64.2 Å². The van der Waals surface area contributed by atoms with Crippen molar-refractivity contribution >= 4 is 11.9 Å². The Morgan fingerprint density at radius 1 is 0.471 bits per heavy atom. The molecule has 2 aliphatic rings. The van der Waals surface area contributed by atoms with Crippen molar-refractivity contribution in [2.24, 2.45) is 0 Å². The fraction of sp³-hybridized carbons (Fsp3) is 0.811. The molecule has 0 radical (unpaired) electrons. The molecule has 15 heteroatoms. The number of unbranched alkanes of at least 4 members (excludes halogenated alkanes) is 18. The second-order valence-corrected chi connectivity index (χ2v) is 18.3. The molecule has 0 spiro atoms. The largest absolute Gasteiger partial charge is 0.462 e. The van der Waals surface area contributed by atoms with E-state index in [2.05, 4.69) is 62.5 Å². The van der Waals surface area contributed by atoms with Crippen LogP contribution < -0.4 is 0 Å². The van der Waals surface area contributed by atoms with Gasteiger partial charge in [0.1, 0.15) is 55.4 Å². The average molecular weight is 969 g/mol. The van der Waals surface area contributed by atoms with Crippen molar-refractivity contribution in [1.29, 1.82) is 0 Å². The van der Waals surface area contributed by atoms with Gasteiger partial charge >= 0.3 is 11.9 Å². The number of allylic oxidation sites excluding steroid dienone is 8. The van der Waals surface area contributed by atoms with Crippen LogP contribution in [0.3, 0.4) is 0 Å². The number of rotatable bonds is 40. The van der Waals surface area contributed by atoms with Crippen molar-refractivity contribution in [3.8, 4) is 0 Å². The number of hydrogen-bond donors (Lipinski definition) is 7. The maximum absolute atomic E-state index is 13.0. The molecule has 0 amide bonds. The first-order valence-corrected chi connectivity index (χ1v) is 26.2. The number of hydrogen-bond acceptors (Lipinski definition) is 15. The molecule has 0 aliphatic carbocycles. The quantitative estimate of drug-likeness (QED) is 0.0179. The zero-order valence-electron chi connectivity index (χ0n) is 41.6. The summed E-state index contributed by atoms with van der Waals surface area (Å²) in [5, 5.41) is 72.1. The number of carbonyl (C=O) groups excluding carboxylic acids is 2. The van der Waals surface area contributed by atoms with Crippen LogP contribution in [0.5, 0.6) is 0 Å². The van der Waals surface area contributed by atoms with Crippen LogP contribution in [0.25, 0.3) is 0 Å². The number of ether oxygens (including phenoxy) is 6. The highest BCUT2D eigenvalue weighted by Crippen LogP contribution is 2.26. The fourth-order valence-corrected chi connectivity index (χ4v) is 7.91. The van der Waals surface area contributed by atoms with E-state index in [1.807, 2.05) is 0 Å². The Morgan fingerprint density at radius 3 is 1.44 bits per heavy atom. The van der Waals surface area contributed by atoms with Crippen molar-refractivity contribution < 1.29 is 73.8 Å². The minimum Gasteiger partial charge on any atom is -0.462 e. The van der Waals surface area contributed by atoms with E-state index in [1.165, 1.54) is 70.6 Å². The summed E-state index contributed by atoms with van der Waals surface area (Å²) in [7, 11) is 0. The second-order valence-electron chi connectivity index (χ2n) is 18.3. The topological polar surface area (TPSA) is 231 Å². The van der Waals surface area contributed by atoms with Crippen LogP contribution in [0.1, 0.15) is 181 Å². The molecule has 68 heavy (non-hydrogen) atoms. The van der Waals surface area contributed by atoms with E-state index in [0.717, 1.165) is 70.6 Å². The van der Waals surface area contributed by atoms with Crippen LogP contribution >= 0.6 is 0 Å². The van der Waals surface area contributed by atoms with Crippen LogP contribution in [0.15, 0.2) is 48.6 Å². The predicted molar refractivity (Wildman–Crippen MR) is 261 cm³/mol. The van der Waals surface area contributed by atoms with Gasteiger partial charge in [-0.1, -0.05) is 146 Å². The van der Waals surface area contributed by atoms with Gasteiger partial charge in [0.25, 0.3) is 0 Å². The first kappa shape index (κ1) is 61.6. The van der Waals surface area contributed by atoms with Gasteiger partial charge in [0.05, 0.1) is 19.8 Å². The fourth-order valence-electron chi connectivity index (χ4n) is 7.91. The minimum absolute atomic E-state index is 0.138. The number of carbonyl (C=O) groups is 2. The lowest BCUT2D eigenvalue weighted by Crippen LogP contribution is -2.61. The van der Waals surface area contributed by atoms with Crippen LogP contribution in [0.4, 0.5) is 0 Å². The number of aliphatic hydroxyl groups is 7. The maximum atomic E-state index is 13.0. The maximum Gasteiger partial charge on any atom is 0.306 e. The summed E-state index contributed by atoms with van der Waals surface area (Å²) in [6.45, 7) is 2.51. The van der Waals surface area contributed by atoms with Crippen LogP contribution in [-0.4, -0.2) is 142 Å². The highest BCUT2D eigenvalue weighted by molar-refractivity contribution is 5.70. The van der Waals surface area contributed by atoms with E-state index in [0.29, 0.717) is 12.8 Å². The lowest BCUT2D eigenvalue weighted by atomic mass is 9.98. The Balaban J connectivity index is 1.82. The summed E-state index contributed by atoms with van der Waals surface area (Å²) in [4.78, 5) is 25.8. The van der Waals surface area contributed by atoms with Gasteiger partial charge in [0.15, 0.2) is 18.7 Å². The van der Waals surface area contributed by atoms with Crippen LogP contribution in [-0.2, 0) is 38.0 Å². The molecule has 2 heterocycles. The number of esters is 2. The van der Waals surface area contributed by atoms with Gasteiger partial charge in [-0.25, -0.2) is 0 Å². The molecule has 0 bridgehead atoms. The summed E-state index contributed by atoms with van der Waals surface area (Å²) in [6, 6.07) is 0. The zero-order valence-corrected chi connectivity index (χ0v) is 41.6. The summed E-state index contributed by atoms with van der Waals surface area (Å²) < 4.78 is 33.6. The Bertz CT molecular complexity index is 1370. The molecular weight excluding hydrogens is 877 g/mol. The minimum atomic E-state index is -1.77. The standard InChI is InChI=1S/C53H92O15/c1-3-5-7-9-11-13-15-17-19-20-22-24-26-28-30-32-34-36-45(56)66-41(38-63-44(55)35-33-31-29-27-25-23-21-18-16-14-12-10-8-6-4-2)39-64-52-51(62)49(60)47(58)43(68-52)40-65-53-50(61)48(59)46(57)42(37-54)67-53/h10-13,17,19,22,24,41-43,46-54,57-62H,3-9,14-16,18,20-21,23,25-40H2,1-2H3/b12-10+,13-11+,19-17+,24-22+/t41-,42+,43+,46-,47-,48?,49?,50?,51?,52+,53+/m1/s1. The van der Waals surface area contributed by atoms with Crippen LogP contribution in [0.2, 0.25) is 0 Å². The molecule has 0 aromatic carbocycles. The van der Waals surface area contributed by atoms with E-state index in [4.69, 9.17) is 28.4 Å². The van der Waals surface area contributed by atoms with Gasteiger partial charge in [-0.2, -0.15) is 0 Å². The van der Waals surface area contributed by atoms with Gasteiger partial charge in [-0.05, 0) is 70.6 Å². The molecule has 4 unspecified atom stereocenters. The van der Waals surface area contributed by atoms with Gasteiger partial charge in [-0.15, -0.1) is 0 Å². The smallest absolute Gasteiger partial charge is 0.306 e. The molecule has 0 aromatic rings. The lowest BCUT2D eigenvalue weighted by molar-refractivity contribution is -0.332. The van der Waals surface area contributed by atoms with Crippen molar-refractivity contribution in [2.75, 3.05) is 26.4 Å². The van der Waals surface area contributed by atoms with E-state index in [-0.39, 0.29) is 19.4 Å². The molecule has 0 saturated carbocycles. The summed E-state index contributed by atoms with van der Waals surface area (Å²) in [5.74, 6) is -0.953. The van der Waals surface area contributed by atoms with Crippen molar-refractivity contribution in [1.82, 2.24) is 0 Å². The van der Waals surface area contributed by atoms with E-state index < -0.39 is 99.3 Å². The molecule has 394 valence electrons. The highest BCUT2D eigenvalue weighted by atomic mass is 16.7. The Hall–Kier alpha value is -2.54. The number of aliphatic hydroxyl groups excluding tert-OH is 7. The molecule has 2 rings (SSSR count). The zero-order chi connectivity index (χ0) is 49.6. The van der Waals surface area contributed by atoms with Gasteiger partial charge in [0, 0.05) is 12.8 Å². The van der Waals surface area contributed by atoms with Crippen molar-refractivity contribution in [3.63, 3.8) is 0 Å². The van der Waals surface area contributed by atoms with Gasteiger partial charge in [-0.3, -0.25) is 9.59 Å². The molecule has 7 N–H and O–H groups in total. The lowest BCUT2D eigenvalue weighted by Gasteiger charge is -2.42. The third kappa shape index (κ3) is 27.7. The Morgan fingerprint density at radius 2 is 0.897 bits per heavy atom. The normalized spacial score (nSPS) is 26.1. The van der Waals surface area contributed by atoms with Crippen molar-refractivity contribution in [2.45, 2.75) is 248 Å². The summed E-state index contributed by atoms with van der Waals surface area (Å²) in [5.41, 5.74) is 0. The van der Waals surface area contributed by atoms with E-state index >= 15 is 0 Å². The second kappa shape index (κ2) is 40.1. The van der Waals surface area contributed by atoms with Crippen molar-refractivity contribution in [3.05, 3.63) is 48.6 Å². The first-order chi connectivity index (χ1) is 33.0. The third-order valence-corrected chi connectivity index (χ3v) is 12.3.